The van der Waals surface area contributed by atoms with Crippen LogP contribution in [0.2, 0.25) is 5.02 Å². The van der Waals surface area contributed by atoms with E-state index >= 15 is 0 Å². The zero-order valence-corrected chi connectivity index (χ0v) is 12.2. The molecule has 2 atom stereocenters. The summed E-state index contributed by atoms with van der Waals surface area (Å²) in [5.74, 6) is 0.609. The molecule has 0 radical (unpaired) electrons. The first-order valence-electron chi connectivity index (χ1n) is 6.20. The third-order valence-corrected chi connectivity index (χ3v) is 4.59. The highest BCUT2D eigenvalue weighted by Gasteiger charge is 2.20. The number of hydrogen-bond acceptors (Lipinski definition) is 1. The van der Waals surface area contributed by atoms with Crippen molar-refractivity contribution in [1.29, 1.82) is 0 Å². The summed E-state index contributed by atoms with van der Waals surface area (Å²) >= 11 is 9.80. The second kappa shape index (κ2) is 6.77. The van der Waals surface area contributed by atoms with E-state index in [-0.39, 0.29) is 0 Å². The van der Waals surface area contributed by atoms with Crippen molar-refractivity contribution in [2.24, 2.45) is 5.92 Å². The van der Waals surface area contributed by atoms with Crippen molar-refractivity contribution >= 4 is 27.5 Å². The first-order valence-corrected chi connectivity index (χ1v) is 7.70. The molecule has 0 aromatic heterocycles. The molecule has 1 nitrogen and oxygen atoms in total. The summed E-state index contributed by atoms with van der Waals surface area (Å²) in [5, 5.41) is 1.89. The van der Waals surface area contributed by atoms with Gasteiger partial charge in [-0.2, -0.15) is 0 Å². The Hall–Kier alpha value is -0.0500. The smallest absolute Gasteiger partial charge is 0.0579 e. The van der Waals surface area contributed by atoms with Crippen molar-refractivity contribution in [1.82, 2.24) is 0 Å². The van der Waals surface area contributed by atoms with Crippen molar-refractivity contribution in [2.75, 3.05) is 11.9 Å². The predicted octanol–water partition coefficient (Wildman–Crippen LogP) is 4.46. The number of rotatable bonds is 5. The topological polar surface area (TPSA) is 9.23 Å². The molecule has 17 heavy (non-hydrogen) atoms. The summed E-state index contributed by atoms with van der Waals surface area (Å²) < 4.78 is 5.70. The van der Waals surface area contributed by atoms with Crippen LogP contribution < -0.4 is 0 Å². The fraction of sp³-hybridized carbons (Fsp3) is 0.571. The molecule has 1 heterocycles. The van der Waals surface area contributed by atoms with Gasteiger partial charge in [0.05, 0.1) is 6.10 Å². The maximum Gasteiger partial charge on any atom is 0.0579 e. The van der Waals surface area contributed by atoms with E-state index in [1.54, 1.807) is 0 Å². The quantitative estimate of drug-likeness (QED) is 0.728. The maximum atomic E-state index is 6.20. The minimum absolute atomic E-state index is 0.458. The van der Waals surface area contributed by atoms with E-state index in [9.17, 15) is 0 Å². The predicted molar refractivity (Wildman–Crippen MR) is 76.0 cm³/mol. The van der Waals surface area contributed by atoms with Gasteiger partial charge in [-0.3, -0.25) is 0 Å². The number of ether oxygens (including phenoxy) is 1. The van der Waals surface area contributed by atoms with Crippen molar-refractivity contribution in [3.63, 3.8) is 0 Å². The first kappa shape index (κ1) is 13.4. The first-order chi connectivity index (χ1) is 8.29. The number of halogens is 2. The lowest BCUT2D eigenvalue weighted by Crippen LogP contribution is -2.16. The SMILES string of the molecule is Clc1ccccc1CC(CBr)CC1CCCO1. The van der Waals surface area contributed by atoms with Crippen LogP contribution in [0.3, 0.4) is 0 Å². The Morgan fingerprint density at radius 3 is 2.88 bits per heavy atom. The van der Waals surface area contributed by atoms with Crippen LogP contribution in [0.5, 0.6) is 0 Å². The highest BCUT2D eigenvalue weighted by molar-refractivity contribution is 9.09. The summed E-state index contributed by atoms with van der Waals surface area (Å²) in [5.41, 5.74) is 1.25. The van der Waals surface area contributed by atoms with Gasteiger partial charge in [-0.25, -0.2) is 0 Å². The van der Waals surface area contributed by atoms with Gasteiger partial charge in [0.15, 0.2) is 0 Å². The molecule has 0 N–H and O–H groups in total. The molecular formula is C14H18BrClO. The van der Waals surface area contributed by atoms with Crippen molar-refractivity contribution in [3.05, 3.63) is 34.9 Å². The van der Waals surface area contributed by atoms with Crippen LogP contribution >= 0.6 is 27.5 Å². The number of alkyl halides is 1. The molecule has 0 spiro atoms. The summed E-state index contributed by atoms with van der Waals surface area (Å²) in [6.45, 7) is 0.936. The van der Waals surface area contributed by atoms with E-state index in [4.69, 9.17) is 16.3 Å². The van der Waals surface area contributed by atoms with E-state index in [0.717, 1.165) is 29.8 Å². The van der Waals surface area contributed by atoms with E-state index in [1.165, 1.54) is 18.4 Å². The molecule has 0 saturated carbocycles. The molecule has 94 valence electrons. The van der Waals surface area contributed by atoms with E-state index in [2.05, 4.69) is 28.1 Å². The van der Waals surface area contributed by atoms with Crippen LogP contribution in [0.1, 0.15) is 24.8 Å². The molecule has 3 heteroatoms. The van der Waals surface area contributed by atoms with Crippen LogP contribution in [0.15, 0.2) is 24.3 Å². The van der Waals surface area contributed by atoms with Gasteiger partial charge in [-0.1, -0.05) is 45.7 Å². The highest BCUT2D eigenvalue weighted by Crippen LogP contribution is 2.26. The molecule has 0 bridgehead atoms. The van der Waals surface area contributed by atoms with Crippen LogP contribution in [0, 0.1) is 5.92 Å². The zero-order chi connectivity index (χ0) is 12.1. The molecule has 0 aliphatic carbocycles. The monoisotopic (exact) mass is 316 g/mol. The fourth-order valence-electron chi connectivity index (χ4n) is 2.38. The van der Waals surface area contributed by atoms with Gasteiger partial charge in [0.2, 0.25) is 0 Å². The van der Waals surface area contributed by atoms with E-state index in [1.807, 2.05) is 12.1 Å². The van der Waals surface area contributed by atoms with Gasteiger partial charge >= 0.3 is 0 Å². The highest BCUT2D eigenvalue weighted by atomic mass is 79.9. The number of hydrogen-bond donors (Lipinski definition) is 0. The maximum absolute atomic E-state index is 6.20. The molecule has 2 unspecified atom stereocenters. The standard InChI is InChI=1S/C14H18BrClO/c15-10-11(9-13-5-3-7-17-13)8-12-4-1-2-6-14(12)16/h1-2,4,6,11,13H,3,5,7-10H2. The summed E-state index contributed by atoms with van der Waals surface area (Å²) in [4.78, 5) is 0. The second-order valence-electron chi connectivity index (χ2n) is 4.69. The van der Waals surface area contributed by atoms with Gasteiger partial charge in [-0.05, 0) is 43.2 Å². The summed E-state index contributed by atoms with van der Waals surface area (Å²) in [7, 11) is 0. The molecule has 1 saturated heterocycles. The molecular weight excluding hydrogens is 300 g/mol. The van der Waals surface area contributed by atoms with Crippen molar-refractivity contribution in [2.45, 2.75) is 31.8 Å². The zero-order valence-electron chi connectivity index (χ0n) is 9.87. The Labute approximate surface area is 117 Å². The lowest BCUT2D eigenvalue weighted by atomic mass is 9.94. The minimum Gasteiger partial charge on any atom is -0.378 e. The molecule has 1 aromatic carbocycles. The van der Waals surface area contributed by atoms with Crippen LogP contribution in [0.4, 0.5) is 0 Å². The Morgan fingerprint density at radius 2 is 2.24 bits per heavy atom. The fourth-order valence-corrected chi connectivity index (χ4v) is 3.08. The van der Waals surface area contributed by atoms with Crippen LogP contribution in [0.25, 0.3) is 0 Å². The molecule has 2 rings (SSSR count). The average molecular weight is 318 g/mol. The minimum atomic E-state index is 0.458. The third kappa shape index (κ3) is 3.97. The second-order valence-corrected chi connectivity index (χ2v) is 5.74. The molecule has 0 amide bonds. The molecule has 1 aromatic rings. The van der Waals surface area contributed by atoms with Gasteiger partial charge in [0.1, 0.15) is 0 Å². The summed E-state index contributed by atoms with van der Waals surface area (Å²) in [6.07, 6.45) is 5.05. The molecule has 1 aliphatic heterocycles. The van der Waals surface area contributed by atoms with Gasteiger partial charge in [0.25, 0.3) is 0 Å². The number of benzene rings is 1. The van der Waals surface area contributed by atoms with Crippen molar-refractivity contribution in [3.8, 4) is 0 Å². The van der Waals surface area contributed by atoms with E-state index < -0.39 is 0 Å². The third-order valence-electron chi connectivity index (χ3n) is 3.30. The van der Waals surface area contributed by atoms with Gasteiger partial charge in [0, 0.05) is 17.0 Å². The normalized spacial score (nSPS) is 21.6. The largest absolute Gasteiger partial charge is 0.378 e. The van der Waals surface area contributed by atoms with Gasteiger partial charge in [-0.15, -0.1) is 0 Å². The lowest BCUT2D eigenvalue weighted by Gasteiger charge is -2.18. The molecule has 1 fully saturated rings. The Balaban J connectivity index is 1.92. The van der Waals surface area contributed by atoms with Crippen LogP contribution in [-0.2, 0) is 11.2 Å². The Bertz CT molecular complexity index is 350. The average Bonchev–Trinajstić information content (AvgIpc) is 2.84. The lowest BCUT2D eigenvalue weighted by molar-refractivity contribution is 0.0925. The van der Waals surface area contributed by atoms with E-state index in [0.29, 0.717) is 12.0 Å². The Morgan fingerprint density at radius 1 is 1.41 bits per heavy atom. The van der Waals surface area contributed by atoms with Crippen molar-refractivity contribution < 1.29 is 4.74 Å². The summed E-state index contributed by atoms with van der Waals surface area (Å²) in [6, 6.07) is 8.12. The van der Waals surface area contributed by atoms with Gasteiger partial charge < -0.3 is 4.74 Å². The Kier molecular flexibility index (Phi) is 5.33. The molecule has 1 aliphatic rings. The van der Waals surface area contributed by atoms with Crippen LogP contribution in [-0.4, -0.2) is 18.0 Å².